The molecule has 4 heteroatoms. The summed E-state index contributed by atoms with van der Waals surface area (Å²) < 4.78 is 0. The van der Waals surface area contributed by atoms with Crippen LogP contribution in [0, 0.1) is 5.92 Å². The summed E-state index contributed by atoms with van der Waals surface area (Å²) in [5, 5.41) is 20.7. The fourth-order valence-corrected chi connectivity index (χ4v) is 3.03. The average Bonchev–Trinajstić information content (AvgIpc) is 2.64. The number of rotatable bonds is 2. The van der Waals surface area contributed by atoms with Crippen molar-refractivity contribution in [3.63, 3.8) is 0 Å². The minimum absolute atomic E-state index is 0. The molecule has 1 radical (unpaired) electrons. The summed E-state index contributed by atoms with van der Waals surface area (Å²) in [6.07, 6.45) is 0. The molecule has 0 fully saturated rings. The van der Waals surface area contributed by atoms with Crippen LogP contribution in [0.5, 0.6) is 11.5 Å². The first-order valence-corrected chi connectivity index (χ1v) is 11.5. The molecular weight excluding hydrogens is 414 g/mol. The Morgan fingerprint density at radius 1 is 0.607 bits per heavy atom. The predicted molar refractivity (Wildman–Crippen MR) is 119 cm³/mol. The molecule has 0 aliphatic rings. The Bertz CT molecular complexity index is 743. The Balaban J connectivity index is 0.000000451. The zero-order valence-corrected chi connectivity index (χ0v) is 21.6. The van der Waals surface area contributed by atoms with Crippen LogP contribution >= 0.6 is 0 Å². The van der Waals surface area contributed by atoms with E-state index in [1.54, 1.807) is 36.4 Å². The molecule has 0 atom stereocenters. The van der Waals surface area contributed by atoms with Gasteiger partial charge >= 0.3 is 0 Å². The van der Waals surface area contributed by atoms with Crippen LogP contribution in [0.15, 0.2) is 78.9 Å². The molecule has 0 amide bonds. The Morgan fingerprint density at radius 2 is 0.929 bits per heavy atom. The van der Waals surface area contributed by atoms with Crippen LogP contribution in [-0.2, 0) is 19.5 Å². The first-order chi connectivity index (χ1) is 12.8. The van der Waals surface area contributed by atoms with Crippen LogP contribution in [0.1, 0.15) is 20.8 Å². The van der Waals surface area contributed by atoms with Gasteiger partial charge in [-0.15, -0.1) is 0 Å². The minimum atomic E-state index is -0.212. The van der Waals surface area contributed by atoms with E-state index in [4.69, 9.17) is 0 Å². The van der Waals surface area contributed by atoms with Crippen molar-refractivity contribution in [3.05, 3.63) is 84.8 Å². The van der Waals surface area contributed by atoms with Crippen LogP contribution in [0.2, 0.25) is 13.1 Å². The first-order valence-electron chi connectivity index (χ1n) is 9.01. The molecule has 3 aromatic carbocycles. The molecule has 2 N–H and O–H groups in total. The molecule has 0 saturated carbocycles. The molecule has 0 aliphatic heterocycles. The van der Waals surface area contributed by atoms with Crippen molar-refractivity contribution >= 4 is 14.0 Å². The number of hydrogen-bond donors (Lipinski definition) is 2. The van der Waals surface area contributed by atoms with Crippen molar-refractivity contribution in [3.8, 4) is 22.6 Å². The normalized spacial score (nSPS) is 9.54. The summed E-state index contributed by atoms with van der Waals surface area (Å²) in [5.41, 5.74) is 1.29. The number of aromatic hydroxyl groups is 2. The molecule has 0 aromatic heterocycles. The topological polar surface area (TPSA) is 40.5 Å². The maximum Gasteiger partial charge on any atom is 0.123 e. The van der Waals surface area contributed by atoms with E-state index in [1.165, 1.54) is 11.1 Å². The summed E-state index contributed by atoms with van der Waals surface area (Å²) in [5.74, 6) is 1.77. The Morgan fingerprint density at radius 3 is 1.21 bits per heavy atom. The first kappa shape index (κ1) is 26.1. The zero-order valence-electron chi connectivity index (χ0n) is 17.6. The summed E-state index contributed by atoms with van der Waals surface area (Å²) in [4.78, 5) is 0. The zero-order chi connectivity index (χ0) is 20.2. The third-order valence-electron chi connectivity index (χ3n) is 3.45. The molecule has 2 nitrogen and oxygen atoms in total. The van der Waals surface area contributed by atoms with Crippen LogP contribution in [0.4, 0.5) is 0 Å². The molecular formula is C24H30O2SiZn-. The van der Waals surface area contributed by atoms with Crippen LogP contribution in [0.25, 0.3) is 11.1 Å². The van der Waals surface area contributed by atoms with Crippen molar-refractivity contribution in [2.75, 3.05) is 0 Å². The monoisotopic (exact) mass is 442 g/mol. The third kappa shape index (κ3) is 9.87. The van der Waals surface area contributed by atoms with E-state index in [0.717, 1.165) is 0 Å². The predicted octanol–water partition coefficient (Wildman–Crippen LogP) is 6.03. The van der Waals surface area contributed by atoms with E-state index >= 15 is 0 Å². The smallest absolute Gasteiger partial charge is 0.123 e. The molecule has 0 unspecified atom stereocenters. The maximum atomic E-state index is 9.58. The molecule has 3 rings (SSSR count). The van der Waals surface area contributed by atoms with Crippen molar-refractivity contribution in [1.82, 2.24) is 0 Å². The summed E-state index contributed by atoms with van der Waals surface area (Å²) in [6.45, 7) is 10.9. The Kier molecular flexibility index (Phi) is 13.2. The average molecular weight is 444 g/mol. The molecule has 28 heavy (non-hydrogen) atoms. The SMILES string of the molecule is C[C-](C)C.C[Si](C)c1ccccc1.Oc1ccccc1-c1ccccc1O.[Zn]. The Hall–Kier alpha value is -1.90. The van der Waals surface area contributed by atoms with Gasteiger partial charge in [-0.25, -0.2) is 0 Å². The van der Waals surface area contributed by atoms with Gasteiger partial charge in [-0.05, 0) is 12.1 Å². The van der Waals surface area contributed by atoms with Gasteiger partial charge in [0, 0.05) is 30.6 Å². The van der Waals surface area contributed by atoms with Gasteiger partial charge in [0.25, 0.3) is 0 Å². The van der Waals surface area contributed by atoms with E-state index in [0.29, 0.717) is 11.1 Å². The van der Waals surface area contributed by atoms with Gasteiger partial charge in [-0.1, -0.05) is 85.0 Å². The van der Waals surface area contributed by atoms with Crippen molar-refractivity contribution in [1.29, 1.82) is 0 Å². The summed E-state index contributed by atoms with van der Waals surface area (Å²) >= 11 is 0. The molecule has 0 spiro atoms. The number of hydrogen-bond acceptors (Lipinski definition) is 2. The molecule has 0 saturated heterocycles. The second-order valence-electron chi connectivity index (χ2n) is 6.90. The molecule has 145 valence electrons. The van der Waals surface area contributed by atoms with E-state index in [9.17, 15) is 10.2 Å². The van der Waals surface area contributed by atoms with Crippen molar-refractivity contribution in [2.24, 2.45) is 0 Å². The van der Waals surface area contributed by atoms with Gasteiger partial charge < -0.3 is 16.1 Å². The molecule has 3 aromatic rings. The van der Waals surface area contributed by atoms with E-state index in [2.05, 4.69) is 64.2 Å². The van der Waals surface area contributed by atoms with Crippen molar-refractivity contribution in [2.45, 2.75) is 33.9 Å². The summed E-state index contributed by atoms with van der Waals surface area (Å²) in [7, 11) is -0.212. The number of para-hydroxylation sites is 2. The molecule has 0 bridgehead atoms. The van der Waals surface area contributed by atoms with Gasteiger partial charge in [0.15, 0.2) is 0 Å². The van der Waals surface area contributed by atoms with Crippen LogP contribution < -0.4 is 5.19 Å². The second kappa shape index (κ2) is 14.1. The molecule has 0 heterocycles. The fourth-order valence-electron chi connectivity index (χ4n) is 2.17. The van der Waals surface area contributed by atoms with Gasteiger partial charge in [-0.2, -0.15) is 20.8 Å². The van der Waals surface area contributed by atoms with Gasteiger partial charge in [0.1, 0.15) is 11.5 Å². The standard InChI is InChI=1S/C12H10O2.C8H11Si.C4H9.Zn/c13-11-7-3-1-5-9(11)10-6-2-4-8-12(10)14;1-9(2)8-6-4-3-5-7-8;1-4(2)3;/h1-8,13-14H;3-7H,1-2H3;1-3H3;/q;;-1;. The number of phenols is 2. The van der Waals surface area contributed by atoms with Gasteiger partial charge in [0.2, 0.25) is 0 Å². The molecule has 0 aliphatic carbocycles. The minimum Gasteiger partial charge on any atom is -0.507 e. The fraction of sp³-hybridized carbons (Fsp3) is 0.208. The van der Waals surface area contributed by atoms with E-state index in [-0.39, 0.29) is 39.8 Å². The quantitative estimate of drug-likeness (QED) is 0.375. The number of phenolic OH excluding ortho intramolecular Hbond substituents is 2. The van der Waals surface area contributed by atoms with Crippen LogP contribution in [-0.4, -0.2) is 19.0 Å². The second-order valence-corrected chi connectivity index (χ2v) is 9.48. The largest absolute Gasteiger partial charge is 0.507 e. The van der Waals surface area contributed by atoms with Gasteiger partial charge in [0.05, 0.1) is 8.80 Å². The van der Waals surface area contributed by atoms with Gasteiger partial charge in [-0.3, -0.25) is 0 Å². The van der Waals surface area contributed by atoms with Crippen LogP contribution in [0.3, 0.4) is 0 Å². The summed E-state index contributed by atoms with van der Waals surface area (Å²) in [6, 6.07) is 24.6. The Labute approximate surface area is 184 Å². The third-order valence-corrected chi connectivity index (χ3v) is 4.94. The van der Waals surface area contributed by atoms with Crippen molar-refractivity contribution < 1.29 is 29.7 Å². The maximum absolute atomic E-state index is 9.58. The number of benzene rings is 3. The van der Waals surface area contributed by atoms with E-state index < -0.39 is 0 Å². The van der Waals surface area contributed by atoms with E-state index in [1.807, 2.05) is 12.1 Å².